The van der Waals surface area contributed by atoms with Crippen molar-refractivity contribution in [3.8, 4) is 0 Å². The molecule has 1 saturated carbocycles. The van der Waals surface area contributed by atoms with Crippen LogP contribution in [0.1, 0.15) is 12.8 Å². The van der Waals surface area contributed by atoms with Crippen LogP contribution in [0, 0.1) is 5.92 Å². The fourth-order valence-corrected chi connectivity index (χ4v) is 0.571. The maximum atomic E-state index is 10.4. The van der Waals surface area contributed by atoms with E-state index >= 15 is 0 Å². The number of methoxy groups -OCH3 is 1. The number of rotatable bonds is 2. The van der Waals surface area contributed by atoms with E-state index < -0.39 is 0 Å². The molecule has 2 nitrogen and oxygen atoms in total. The number of allylic oxidation sites excluding steroid dienone is 1. The number of ether oxygens (including phenoxy) is 1. The van der Waals surface area contributed by atoms with E-state index in [1.807, 2.05) is 6.08 Å². The minimum atomic E-state index is -0.248. The van der Waals surface area contributed by atoms with E-state index in [9.17, 15) is 4.79 Å². The Morgan fingerprint density at radius 3 is 2.78 bits per heavy atom. The second kappa shape index (κ2) is 2.67. The number of esters is 1. The van der Waals surface area contributed by atoms with Crippen LogP contribution in [0.3, 0.4) is 0 Å². The predicted molar refractivity (Wildman–Crippen MR) is 33.9 cm³/mol. The van der Waals surface area contributed by atoms with E-state index in [1.54, 1.807) is 0 Å². The smallest absolute Gasteiger partial charge is 0.330 e. The summed E-state index contributed by atoms with van der Waals surface area (Å²) >= 11 is 0. The molecule has 0 spiro atoms. The van der Waals surface area contributed by atoms with Crippen LogP contribution in [0.5, 0.6) is 0 Å². The molecule has 2 heteroatoms. The van der Waals surface area contributed by atoms with Gasteiger partial charge in [0.25, 0.3) is 0 Å². The lowest BCUT2D eigenvalue weighted by Gasteiger charge is -1.86. The summed E-state index contributed by atoms with van der Waals surface area (Å²) in [6.45, 7) is 0. The van der Waals surface area contributed by atoms with Gasteiger partial charge in [0.05, 0.1) is 7.11 Å². The summed E-state index contributed by atoms with van der Waals surface area (Å²) < 4.78 is 4.40. The second-order valence-electron chi connectivity index (χ2n) is 2.22. The third kappa shape index (κ3) is 2.31. The van der Waals surface area contributed by atoms with Crippen molar-refractivity contribution in [2.24, 2.45) is 5.92 Å². The summed E-state index contributed by atoms with van der Waals surface area (Å²) in [7, 11) is 1.39. The van der Waals surface area contributed by atoms with Crippen LogP contribution in [0.4, 0.5) is 0 Å². The third-order valence-corrected chi connectivity index (χ3v) is 1.33. The van der Waals surface area contributed by atoms with Crippen LogP contribution >= 0.6 is 0 Å². The molecule has 0 heterocycles. The van der Waals surface area contributed by atoms with Gasteiger partial charge in [-0.15, -0.1) is 0 Å². The van der Waals surface area contributed by atoms with Crippen LogP contribution in [0.2, 0.25) is 0 Å². The number of hydrogen-bond donors (Lipinski definition) is 0. The molecular formula is C7H10O2. The molecule has 0 bridgehead atoms. The Balaban J connectivity index is 2.20. The van der Waals surface area contributed by atoms with Crippen molar-refractivity contribution >= 4 is 5.97 Å². The van der Waals surface area contributed by atoms with Gasteiger partial charge in [-0.1, -0.05) is 6.08 Å². The first-order valence-corrected chi connectivity index (χ1v) is 3.09. The Kier molecular flexibility index (Phi) is 1.88. The number of carbonyl (C=O) groups is 1. The van der Waals surface area contributed by atoms with Gasteiger partial charge in [0, 0.05) is 6.08 Å². The monoisotopic (exact) mass is 126 g/mol. The van der Waals surface area contributed by atoms with Crippen LogP contribution in [0.25, 0.3) is 0 Å². The Morgan fingerprint density at radius 1 is 1.67 bits per heavy atom. The van der Waals surface area contributed by atoms with E-state index in [-0.39, 0.29) is 5.97 Å². The van der Waals surface area contributed by atoms with Gasteiger partial charge in [0.15, 0.2) is 0 Å². The summed E-state index contributed by atoms with van der Waals surface area (Å²) in [4.78, 5) is 10.4. The van der Waals surface area contributed by atoms with Crippen LogP contribution in [-0.4, -0.2) is 13.1 Å². The molecular weight excluding hydrogens is 116 g/mol. The van der Waals surface area contributed by atoms with Crippen LogP contribution in [0.15, 0.2) is 12.2 Å². The molecule has 50 valence electrons. The fraction of sp³-hybridized carbons (Fsp3) is 0.571. The molecule has 0 N–H and O–H groups in total. The van der Waals surface area contributed by atoms with Crippen molar-refractivity contribution in [1.29, 1.82) is 0 Å². The van der Waals surface area contributed by atoms with Gasteiger partial charge in [-0.05, 0) is 18.8 Å². The zero-order chi connectivity index (χ0) is 6.69. The molecule has 1 fully saturated rings. The predicted octanol–water partition coefficient (Wildman–Crippen LogP) is 1.13. The Labute approximate surface area is 54.5 Å². The highest BCUT2D eigenvalue weighted by Gasteiger charge is 2.17. The second-order valence-corrected chi connectivity index (χ2v) is 2.22. The Bertz CT molecular complexity index is 134. The van der Waals surface area contributed by atoms with E-state index in [1.165, 1.54) is 26.0 Å². The summed E-state index contributed by atoms with van der Waals surface area (Å²) in [5, 5.41) is 0. The zero-order valence-electron chi connectivity index (χ0n) is 5.46. The average molecular weight is 126 g/mol. The van der Waals surface area contributed by atoms with Gasteiger partial charge in [0.2, 0.25) is 0 Å². The highest BCUT2D eigenvalue weighted by atomic mass is 16.5. The quantitative estimate of drug-likeness (QED) is 0.409. The summed E-state index contributed by atoms with van der Waals surface area (Å²) in [5.41, 5.74) is 0. The molecule has 0 aromatic rings. The average Bonchev–Trinajstić information content (AvgIpc) is 2.65. The first-order valence-electron chi connectivity index (χ1n) is 3.09. The fourth-order valence-electron chi connectivity index (χ4n) is 0.571. The maximum absolute atomic E-state index is 10.4. The molecule has 0 radical (unpaired) electrons. The molecule has 1 rings (SSSR count). The molecule has 1 aliphatic rings. The van der Waals surface area contributed by atoms with Crippen molar-refractivity contribution in [3.05, 3.63) is 12.2 Å². The molecule has 0 amide bonds. The highest BCUT2D eigenvalue weighted by molar-refractivity contribution is 5.81. The first kappa shape index (κ1) is 6.33. The minimum absolute atomic E-state index is 0.248. The summed E-state index contributed by atoms with van der Waals surface area (Å²) in [5.74, 6) is 0.408. The van der Waals surface area contributed by atoms with Gasteiger partial charge in [0.1, 0.15) is 0 Å². The number of carbonyl (C=O) groups excluding carboxylic acids is 1. The topological polar surface area (TPSA) is 26.3 Å². The summed E-state index contributed by atoms with van der Waals surface area (Å²) in [6.07, 6.45) is 5.87. The van der Waals surface area contributed by atoms with Crippen LogP contribution in [-0.2, 0) is 9.53 Å². The van der Waals surface area contributed by atoms with Gasteiger partial charge in [-0.25, -0.2) is 4.79 Å². The van der Waals surface area contributed by atoms with E-state index in [0.29, 0.717) is 5.92 Å². The largest absolute Gasteiger partial charge is 0.466 e. The lowest BCUT2D eigenvalue weighted by atomic mass is 10.4. The lowest BCUT2D eigenvalue weighted by Crippen LogP contribution is -1.93. The highest BCUT2D eigenvalue weighted by Crippen LogP contribution is 2.29. The van der Waals surface area contributed by atoms with E-state index in [2.05, 4.69) is 4.74 Å². The SMILES string of the molecule is COC(=O)C=CC1CC1. The molecule has 9 heavy (non-hydrogen) atoms. The molecule has 0 unspecified atom stereocenters. The van der Waals surface area contributed by atoms with Gasteiger partial charge >= 0.3 is 5.97 Å². The van der Waals surface area contributed by atoms with Crippen LogP contribution < -0.4 is 0 Å². The first-order chi connectivity index (χ1) is 4.33. The molecule has 0 atom stereocenters. The maximum Gasteiger partial charge on any atom is 0.330 e. The van der Waals surface area contributed by atoms with Crippen molar-refractivity contribution < 1.29 is 9.53 Å². The standard InChI is InChI=1S/C7H10O2/c1-9-7(8)5-4-6-2-3-6/h4-6H,2-3H2,1H3. The molecule has 0 aliphatic heterocycles. The van der Waals surface area contributed by atoms with Crippen molar-refractivity contribution in [1.82, 2.24) is 0 Å². The van der Waals surface area contributed by atoms with E-state index in [0.717, 1.165) is 0 Å². The van der Waals surface area contributed by atoms with E-state index in [4.69, 9.17) is 0 Å². The normalized spacial score (nSPS) is 18.3. The summed E-state index contributed by atoms with van der Waals surface area (Å²) in [6, 6.07) is 0. The molecule has 0 aromatic heterocycles. The number of hydrogen-bond acceptors (Lipinski definition) is 2. The third-order valence-electron chi connectivity index (χ3n) is 1.33. The molecule has 1 aliphatic carbocycles. The minimum Gasteiger partial charge on any atom is -0.466 e. The van der Waals surface area contributed by atoms with Gasteiger partial charge in [-0.2, -0.15) is 0 Å². The Hall–Kier alpha value is -0.790. The van der Waals surface area contributed by atoms with Crippen molar-refractivity contribution in [2.45, 2.75) is 12.8 Å². The molecule has 0 aromatic carbocycles. The van der Waals surface area contributed by atoms with Gasteiger partial charge < -0.3 is 4.74 Å². The zero-order valence-corrected chi connectivity index (χ0v) is 5.46. The van der Waals surface area contributed by atoms with Crippen molar-refractivity contribution in [2.75, 3.05) is 7.11 Å². The van der Waals surface area contributed by atoms with Gasteiger partial charge in [-0.3, -0.25) is 0 Å². The van der Waals surface area contributed by atoms with Crippen molar-refractivity contribution in [3.63, 3.8) is 0 Å². The lowest BCUT2D eigenvalue weighted by molar-refractivity contribution is -0.134. The molecule has 0 saturated heterocycles. The Morgan fingerprint density at radius 2 is 2.33 bits per heavy atom.